The largest absolute Gasteiger partial charge is 0.456 e. The molecule has 0 amide bonds. The number of nitrogens with zero attached hydrogens (tertiary/aromatic N) is 2. The first-order valence-electron chi connectivity index (χ1n) is 11.9. The van der Waals surface area contributed by atoms with Gasteiger partial charge in [0.2, 0.25) is 0 Å². The number of aromatic amines is 1. The number of aliphatic hydroxyl groups excluding tert-OH is 1. The Kier molecular flexibility index (Phi) is 6.04. The van der Waals surface area contributed by atoms with Crippen molar-refractivity contribution in [3.63, 3.8) is 0 Å². The number of aliphatic hydroxyl groups is 1. The highest BCUT2D eigenvalue weighted by molar-refractivity contribution is 7.91. The monoisotopic (exact) mass is 531 g/mol. The number of sulfone groups is 1. The molecule has 1 aliphatic carbocycles. The van der Waals surface area contributed by atoms with Crippen molar-refractivity contribution in [3.05, 3.63) is 47.0 Å². The summed E-state index contributed by atoms with van der Waals surface area (Å²) >= 11 is 6.57. The summed E-state index contributed by atoms with van der Waals surface area (Å²) in [4.78, 5) is 12.2. The molecule has 3 aromatic rings. The van der Waals surface area contributed by atoms with E-state index in [2.05, 4.69) is 15.0 Å². The quantitative estimate of drug-likeness (QED) is 0.514. The molecule has 2 fully saturated rings. The van der Waals surface area contributed by atoms with Crippen molar-refractivity contribution in [1.29, 1.82) is 0 Å². The summed E-state index contributed by atoms with van der Waals surface area (Å²) in [6.45, 7) is 0.535. The lowest BCUT2D eigenvalue weighted by Gasteiger charge is -2.20. The fourth-order valence-corrected chi connectivity index (χ4v) is 6.40. The van der Waals surface area contributed by atoms with Crippen molar-refractivity contribution < 1.29 is 27.7 Å². The Balaban J connectivity index is 1.20. The Morgan fingerprint density at radius 1 is 1.11 bits per heavy atom. The first kappa shape index (κ1) is 23.9. The van der Waals surface area contributed by atoms with Crippen molar-refractivity contribution >= 4 is 38.2 Å². The third-order valence-corrected chi connectivity index (χ3v) is 9.07. The summed E-state index contributed by atoms with van der Waals surface area (Å²) < 4.78 is 40.8. The molecule has 190 valence electrons. The highest BCUT2D eigenvalue weighted by atomic mass is 35.5. The zero-order chi connectivity index (χ0) is 25.0. The highest BCUT2D eigenvalue weighted by Gasteiger charge is 2.48. The maximum absolute atomic E-state index is 11.8. The van der Waals surface area contributed by atoms with Crippen molar-refractivity contribution in [2.75, 3.05) is 19.5 Å². The molecule has 6 rings (SSSR count). The number of hydrogen-bond donors (Lipinski definition) is 2. The average molecular weight is 532 g/mol. The number of hydrogen-bond acceptors (Lipinski definition) is 8. The van der Waals surface area contributed by atoms with Crippen LogP contribution in [0.4, 0.5) is 0 Å². The fourth-order valence-electron chi connectivity index (χ4n) is 5.15. The molecule has 0 saturated carbocycles. The number of pyridine rings is 1. The van der Waals surface area contributed by atoms with E-state index < -0.39 is 15.9 Å². The van der Waals surface area contributed by atoms with E-state index in [9.17, 15) is 13.5 Å². The molecule has 2 saturated heterocycles. The lowest BCUT2D eigenvalue weighted by atomic mass is 9.92. The van der Waals surface area contributed by atoms with Crippen LogP contribution in [0.15, 0.2) is 36.4 Å². The molecule has 0 radical (unpaired) electrons. The lowest BCUT2D eigenvalue weighted by molar-refractivity contribution is 0.00706. The molecule has 1 aromatic carbocycles. The summed E-state index contributed by atoms with van der Waals surface area (Å²) in [7, 11) is -3.02. The van der Waals surface area contributed by atoms with E-state index >= 15 is 0 Å². The maximum atomic E-state index is 11.8. The molecular formula is C25H26ClN3O6S. The number of aromatic nitrogens is 3. The zero-order valence-corrected chi connectivity index (χ0v) is 21.1. The second-order valence-electron chi connectivity index (χ2n) is 9.58. The molecular weight excluding hydrogens is 506 g/mol. The van der Waals surface area contributed by atoms with E-state index in [0.717, 1.165) is 23.1 Å². The Hall–Kier alpha value is -2.50. The van der Waals surface area contributed by atoms with Crippen molar-refractivity contribution in [2.45, 2.75) is 48.9 Å². The van der Waals surface area contributed by atoms with Crippen molar-refractivity contribution in [1.82, 2.24) is 15.0 Å². The van der Waals surface area contributed by atoms with Crippen LogP contribution < -0.4 is 4.74 Å². The number of benzene rings is 1. The maximum Gasteiger partial charge on any atom is 0.296 e. The number of ether oxygens (including phenoxy) is 3. The molecule has 0 bridgehead atoms. The number of nitrogens with one attached hydrogen (secondary N) is 1. The lowest BCUT2D eigenvalue weighted by Crippen LogP contribution is -2.34. The summed E-state index contributed by atoms with van der Waals surface area (Å²) in [6.07, 6.45) is 3.51. The van der Waals surface area contributed by atoms with E-state index in [1.807, 2.05) is 30.3 Å². The van der Waals surface area contributed by atoms with Gasteiger partial charge in [-0.25, -0.2) is 13.4 Å². The number of halogens is 1. The van der Waals surface area contributed by atoms with Crippen LogP contribution in [-0.4, -0.2) is 77.6 Å². The van der Waals surface area contributed by atoms with Crippen LogP contribution in [0.1, 0.15) is 24.8 Å². The molecule has 11 heteroatoms. The number of allylic oxidation sites excluding steroid dienone is 2. The minimum atomic E-state index is -3.02. The second-order valence-corrected chi connectivity index (χ2v) is 12.3. The number of fused-ring (bicyclic) bond motifs is 2. The second kappa shape index (κ2) is 9.11. The molecule has 0 spiro atoms. The Morgan fingerprint density at radius 3 is 2.58 bits per heavy atom. The van der Waals surface area contributed by atoms with E-state index in [-0.39, 0.29) is 36.2 Å². The molecule has 9 nitrogen and oxygen atoms in total. The van der Waals surface area contributed by atoms with Crippen LogP contribution in [0.2, 0.25) is 5.02 Å². The molecule has 36 heavy (non-hydrogen) atoms. The topological polar surface area (TPSA) is 124 Å². The van der Waals surface area contributed by atoms with Gasteiger partial charge in [-0.15, -0.1) is 0 Å². The van der Waals surface area contributed by atoms with Crippen LogP contribution in [0.25, 0.3) is 28.0 Å². The first-order chi connectivity index (χ1) is 17.3. The Bertz CT molecular complexity index is 1440. The summed E-state index contributed by atoms with van der Waals surface area (Å²) in [5, 5.41) is 10.1. The predicted molar refractivity (Wildman–Crippen MR) is 135 cm³/mol. The number of rotatable bonds is 5. The normalized spacial score (nSPS) is 28.3. The third kappa shape index (κ3) is 4.41. The van der Waals surface area contributed by atoms with Crippen LogP contribution in [0, 0.1) is 0 Å². The van der Waals surface area contributed by atoms with Crippen molar-refractivity contribution in [2.24, 2.45) is 0 Å². The molecule has 5 atom stereocenters. The van der Waals surface area contributed by atoms with Gasteiger partial charge in [0.15, 0.2) is 21.6 Å². The van der Waals surface area contributed by atoms with Crippen LogP contribution in [0.5, 0.6) is 6.01 Å². The van der Waals surface area contributed by atoms with Gasteiger partial charge >= 0.3 is 0 Å². The molecule has 2 aromatic heterocycles. The number of H-pyrrole nitrogens is 1. The van der Waals surface area contributed by atoms with Gasteiger partial charge in [0.1, 0.15) is 18.3 Å². The van der Waals surface area contributed by atoms with Crippen molar-refractivity contribution in [3.8, 4) is 17.3 Å². The smallest absolute Gasteiger partial charge is 0.296 e. The van der Waals surface area contributed by atoms with Gasteiger partial charge in [-0.3, -0.25) is 0 Å². The summed E-state index contributed by atoms with van der Waals surface area (Å²) in [5.41, 5.74) is 4.79. The molecule has 2 N–H and O–H groups in total. The minimum Gasteiger partial charge on any atom is -0.456 e. The van der Waals surface area contributed by atoms with Gasteiger partial charge in [-0.1, -0.05) is 41.9 Å². The molecule has 2 aliphatic heterocycles. The van der Waals surface area contributed by atoms with E-state index in [0.29, 0.717) is 41.3 Å². The molecule has 4 heterocycles. The predicted octanol–water partition coefficient (Wildman–Crippen LogP) is 3.16. The minimum absolute atomic E-state index is 0.229. The average Bonchev–Trinajstić information content (AvgIpc) is 3.55. The third-order valence-electron chi connectivity index (χ3n) is 7.15. The Morgan fingerprint density at radius 2 is 1.86 bits per heavy atom. The van der Waals surface area contributed by atoms with Gasteiger partial charge in [-0.2, -0.15) is 4.98 Å². The highest BCUT2D eigenvalue weighted by Crippen LogP contribution is 2.34. The Labute approximate surface area is 213 Å². The summed E-state index contributed by atoms with van der Waals surface area (Å²) in [5.74, 6) is 0. The van der Waals surface area contributed by atoms with Gasteiger partial charge in [0, 0.05) is 11.8 Å². The molecule has 1 unspecified atom stereocenters. The van der Waals surface area contributed by atoms with E-state index in [1.165, 1.54) is 6.26 Å². The van der Waals surface area contributed by atoms with Crippen LogP contribution in [-0.2, 0) is 19.3 Å². The first-order valence-corrected chi connectivity index (χ1v) is 14.2. The van der Waals surface area contributed by atoms with E-state index in [1.54, 1.807) is 6.07 Å². The van der Waals surface area contributed by atoms with Gasteiger partial charge < -0.3 is 24.3 Å². The van der Waals surface area contributed by atoms with Gasteiger partial charge in [0.05, 0.1) is 34.7 Å². The fraction of sp³-hybridized carbons (Fsp3) is 0.440. The van der Waals surface area contributed by atoms with Gasteiger partial charge in [-0.05, 0) is 36.5 Å². The SMILES string of the molecule is CS(=O)(=O)C1CC=C(c2ccc(-c3nc4nc(O[C@@H]5CO[C@H]6[C@@H]5OC[C@H]6O)[nH]c4cc3Cl)cc2)CC1. The standard InChI is InChI=1S/C25H26ClN3O6S/c1-36(31,32)16-8-6-14(7-9-16)13-2-4-15(5-3-13)21-17(26)10-18-24(28-21)29-25(27-18)35-20-12-34-22-19(30)11-33-23(20)22/h2-6,10,16,19-20,22-23,30H,7-9,11-12H2,1H3,(H,27,28,29)/t16?,19-,20-,22-,23-/m1/s1. The number of imidazole rings is 1. The van der Waals surface area contributed by atoms with Crippen LogP contribution >= 0.6 is 11.6 Å². The summed E-state index contributed by atoms with van der Waals surface area (Å²) in [6, 6.07) is 10.00. The van der Waals surface area contributed by atoms with Crippen LogP contribution in [0.3, 0.4) is 0 Å². The van der Waals surface area contributed by atoms with Gasteiger partial charge in [0.25, 0.3) is 6.01 Å². The zero-order valence-electron chi connectivity index (χ0n) is 19.6. The van der Waals surface area contributed by atoms with E-state index in [4.69, 9.17) is 25.8 Å². The molecule has 3 aliphatic rings.